The summed E-state index contributed by atoms with van der Waals surface area (Å²) >= 11 is 0. The van der Waals surface area contributed by atoms with Gasteiger partial charge < -0.3 is 9.53 Å². The lowest BCUT2D eigenvalue weighted by Crippen LogP contribution is -2.16. The summed E-state index contributed by atoms with van der Waals surface area (Å²) in [5, 5.41) is 0. The van der Waals surface area contributed by atoms with E-state index < -0.39 is 0 Å². The van der Waals surface area contributed by atoms with E-state index in [1.54, 1.807) is 0 Å². The van der Waals surface area contributed by atoms with Crippen LogP contribution < -0.4 is 0 Å². The van der Waals surface area contributed by atoms with Crippen LogP contribution in [0.1, 0.15) is 58.8 Å². The van der Waals surface area contributed by atoms with Gasteiger partial charge in [-0.3, -0.25) is 4.79 Å². The molecule has 0 aromatic rings. The Balaban J connectivity index is 3.56. The number of rotatable bonds is 9. The Morgan fingerprint density at radius 2 is 1.93 bits per heavy atom. The molecule has 0 N–H and O–H groups in total. The second kappa shape index (κ2) is 9.69. The van der Waals surface area contributed by atoms with E-state index in [1.165, 1.54) is 26.2 Å². The zero-order valence-corrected chi connectivity index (χ0v) is 9.83. The Labute approximate surface area is 92.2 Å². The molecule has 0 aliphatic rings. The number of hydrogen-bond donors (Lipinski definition) is 0. The standard InChI is InChI=1S/C12H22O3/c1-3-4-5-6-7-8-12(9-10-13)15-11(2)14/h10,12H,3-9H2,1-2H3/t12-/m1/s1. The molecule has 3 heteroatoms. The molecule has 15 heavy (non-hydrogen) atoms. The maximum atomic E-state index is 10.7. The molecule has 0 fully saturated rings. The highest BCUT2D eigenvalue weighted by Crippen LogP contribution is 2.11. The molecule has 0 radical (unpaired) electrons. The molecule has 0 rings (SSSR count). The van der Waals surface area contributed by atoms with Gasteiger partial charge >= 0.3 is 5.97 Å². The highest BCUT2D eigenvalue weighted by atomic mass is 16.5. The van der Waals surface area contributed by atoms with E-state index in [0.29, 0.717) is 6.42 Å². The van der Waals surface area contributed by atoms with Crippen molar-refractivity contribution in [2.45, 2.75) is 64.9 Å². The van der Waals surface area contributed by atoms with Gasteiger partial charge in [0.1, 0.15) is 12.4 Å². The first-order chi connectivity index (χ1) is 7.20. The molecule has 0 aromatic heterocycles. The molecule has 0 amide bonds. The van der Waals surface area contributed by atoms with Crippen molar-refractivity contribution in [2.75, 3.05) is 0 Å². The van der Waals surface area contributed by atoms with Crippen LogP contribution in [-0.2, 0) is 14.3 Å². The van der Waals surface area contributed by atoms with Gasteiger partial charge in [0, 0.05) is 13.3 Å². The molecule has 0 saturated carbocycles. The first-order valence-corrected chi connectivity index (χ1v) is 5.81. The lowest BCUT2D eigenvalue weighted by Gasteiger charge is -2.13. The van der Waals surface area contributed by atoms with Gasteiger partial charge in [0.15, 0.2) is 0 Å². The molecule has 0 bridgehead atoms. The molecule has 0 aliphatic heterocycles. The molecule has 0 saturated heterocycles. The molecule has 0 aromatic carbocycles. The first-order valence-electron chi connectivity index (χ1n) is 5.81. The minimum Gasteiger partial charge on any atom is -0.462 e. The molecular weight excluding hydrogens is 192 g/mol. The van der Waals surface area contributed by atoms with Crippen LogP contribution in [0.15, 0.2) is 0 Å². The fraction of sp³-hybridized carbons (Fsp3) is 0.833. The van der Waals surface area contributed by atoms with Crippen LogP contribution in [0.5, 0.6) is 0 Å². The second-order valence-electron chi connectivity index (χ2n) is 3.84. The lowest BCUT2D eigenvalue weighted by molar-refractivity contribution is -0.147. The van der Waals surface area contributed by atoms with E-state index in [2.05, 4.69) is 6.92 Å². The predicted molar refractivity (Wildman–Crippen MR) is 59.6 cm³/mol. The van der Waals surface area contributed by atoms with E-state index in [0.717, 1.165) is 25.5 Å². The summed E-state index contributed by atoms with van der Waals surface area (Å²) < 4.78 is 5.03. The van der Waals surface area contributed by atoms with Crippen molar-refractivity contribution in [1.82, 2.24) is 0 Å². The van der Waals surface area contributed by atoms with E-state index >= 15 is 0 Å². The van der Waals surface area contributed by atoms with Crippen LogP contribution in [0.25, 0.3) is 0 Å². The third-order valence-corrected chi connectivity index (χ3v) is 2.32. The van der Waals surface area contributed by atoms with Gasteiger partial charge in [0.25, 0.3) is 0 Å². The van der Waals surface area contributed by atoms with Crippen molar-refractivity contribution in [3.63, 3.8) is 0 Å². The number of hydrogen-bond acceptors (Lipinski definition) is 3. The first kappa shape index (κ1) is 14.1. The minimum absolute atomic E-state index is 0.207. The number of esters is 1. The van der Waals surface area contributed by atoms with Crippen LogP contribution in [0.2, 0.25) is 0 Å². The summed E-state index contributed by atoms with van der Waals surface area (Å²) in [7, 11) is 0. The number of ether oxygens (including phenoxy) is 1. The summed E-state index contributed by atoms with van der Waals surface area (Å²) in [5.41, 5.74) is 0. The molecule has 0 aliphatic carbocycles. The van der Waals surface area contributed by atoms with Gasteiger partial charge in [-0.05, 0) is 12.8 Å². The minimum atomic E-state index is -0.296. The molecule has 1 atom stereocenters. The van der Waals surface area contributed by atoms with Gasteiger partial charge in [-0.2, -0.15) is 0 Å². The lowest BCUT2D eigenvalue weighted by atomic mass is 10.1. The van der Waals surface area contributed by atoms with Crippen molar-refractivity contribution in [3.05, 3.63) is 0 Å². The zero-order chi connectivity index (χ0) is 11.5. The Morgan fingerprint density at radius 1 is 1.27 bits per heavy atom. The van der Waals surface area contributed by atoms with Gasteiger partial charge in [-0.25, -0.2) is 0 Å². The van der Waals surface area contributed by atoms with Crippen LogP contribution in [0, 0.1) is 0 Å². The van der Waals surface area contributed by atoms with Crippen LogP contribution in [0.3, 0.4) is 0 Å². The van der Waals surface area contributed by atoms with Gasteiger partial charge in [-0.1, -0.05) is 32.6 Å². The largest absolute Gasteiger partial charge is 0.462 e. The highest BCUT2D eigenvalue weighted by molar-refractivity contribution is 5.66. The Hall–Kier alpha value is -0.860. The Kier molecular flexibility index (Phi) is 9.13. The number of unbranched alkanes of at least 4 members (excludes halogenated alkanes) is 4. The summed E-state index contributed by atoms with van der Waals surface area (Å²) in [6.07, 6.45) is 7.64. The van der Waals surface area contributed by atoms with Crippen LogP contribution >= 0.6 is 0 Å². The quantitative estimate of drug-likeness (QED) is 0.337. The third kappa shape index (κ3) is 9.44. The summed E-state index contributed by atoms with van der Waals surface area (Å²) in [6.45, 7) is 3.56. The molecular formula is C12H22O3. The Morgan fingerprint density at radius 3 is 2.47 bits per heavy atom. The normalized spacial score (nSPS) is 12.1. The Bertz CT molecular complexity index is 178. The monoisotopic (exact) mass is 214 g/mol. The van der Waals surface area contributed by atoms with Gasteiger partial charge in [-0.15, -0.1) is 0 Å². The molecule has 3 nitrogen and oxygen atoms in total. The fourth-order valence-electron chi connectivity index (χ4n) is 1.54. The molecule has 0 spiro atoms. The molecule has 88 valence electrons. The smallest absolute Gasteiger partial charge is 0.302 e. The SMILES string of the molecule is CCCCCCC[C@H](CC=O)OC(C)=O. The summed E-state index contributed by atoms with van der Waals surface area (Å²) in [4.78, 5) is 21.1. The molecule has 0 unspecified atom stereocenters. The maximum absolute atomic E-state index is 10.7. The van der Waals surface area contributed by atoms with E-state index in [9.17, 15) is 9.59 Å². The number of carbonyl (C=O) groups is 2. The van der Waals surface area contributed by atoms with Crippen LogP contribution in [0.4, 0.5) is 0 Å². The van der Waals surface area contributed by atoms with E-state index in [-0.39, 0.29) is 12.1 Å². The van der Waals surface area contributed by atoms with E-state index in [1.807, 2.05) is 0 Å². The van der Waals surface area contributed by atoms with Crippen molar-refractivity contribution in [1.29, 1.82) is 0 Å². The van der Waals surface area contributed by atoms with Crippen molar-refractivity contribution < 1.29 is 14.3 Å². The third-order valence-electron chi connectivity index (χ3n) is 2.32. The number of carbonyl (C=O) groups excluding carboxylic acids is 2. The van der Waals surface area contributed by atoms with Crippen molar-refractivity contribution in [2.24, 2.45) is 0 Å². The van der Waals surface area contributed by atoms with Crippen molar-refractivity contribution in [3.8, 4) is 0 Å². The average Bonchev–Trinajstić information content (AvgIpc) is 2.17. The summed E-state index contributed by atoms with van der Waals surface area (Å²) in [5.74, 6) is -0.296. The average molecular weight is 214 g/mol. The van der Waals surface area contributed by atoms with Gasteiger partial charge in [0.2, 0.25) is 0 Å². The zero-order valence-electron chi connectivity index (χ0n) is 9.83. The van der Waals surface area contributed by atoms with Crippen molar-refractivity contribution >= 4 is 12.3 Å². The number of aldehydes is 1. The maximum Gasteiger partial charge on any atom is 0.302 e. The highest BCUT2D eigenvalue weighted by Gasteiger charge is 2.10. The predicted octanol–water partition coefficient (Wildman–Crippen LogP) is 2.87. The second-order valence-corrected chi connectivity index (χ2v) is 3.84. The topological polar surface area (TPSA) is 43.4 Å². The molecule has 0 heterocycles. The summed E-state index contributed by atoms with van der Waals surface area (Å²) in [6, 6.07) is 0. The van der Waals surface area contributed by atoms with Crippen LogP contribution in [-0.4, -0.2) is 18.4 Å². The van der Waals surface area contributed by atoms with E-state index in [4.69, 9.17) is 4.74 Å². The fourth-order valence-corrected chi connectivity index (χ4v) is 1.54. The van der Waals surface area contributed by atoms with Gasteiger partial charge in [0.05, 0.1) is 0 Å².